The monoisotopic (exact) mass is 261 g/mol. The van der Waals surface area contributed by atoms with Gasteiger partial charge in [-0.2, -0.15) is 0 Å². The van der Waals surface area contributed by atoms with Crippen LogP contribution in [0.3, 0.4) is 0 Å². The van der Waals surface area contributed by atoms with E-state index in [2.05, 4.69) is 0 Å². The van der Waals surface area contributed by atoms with Gasteiger partial charge in [-0.3, -0.25) is 4.79 Å². The van der Waals surface area contributed by atoms with Gasteiger partial charge in [0.2, 0.25) is 5.91 Å². The van der Waals surface area contributed by atoms with E-state index in [0.29, 0.717) is 12.0 Å². The molecule has 0 bridgehead atoms. The molecule has 0 atom stereocenters. The molecule has 0 fully saturated rings. The van der Waals surface area contributed by atoms with Crippen molar-refractivity contribution in [2.45, 2.75) is 6.42 Å². The minimum atomic E-state index is -1.01. The first-order valence-electron chi connectivity index (χ1n) is 5.85. The molecule has 0 saturated carbocycles. The SMILES string of the molecule is COC/C(=C\C(=O)O)c1ccc2c(c1)CC(=O)N2C. The Morgan fingerprint density at radius 1 is 1.53 bits per heavy atom. The molecule has 0 radical (unpaired) electrons. The number of rotatable bonds is 4. The van der Waals surface area contributed by atoms with Crippen LogP contribution in [0.1, 0.15) is 11.1 Å². The average Bonchev–Trinajstić information content (AvgIpc) is 2.63. The summed E-state index contributed by atoms with van der Waals surface area (Å²) in [6.45, 7) is 0.217. The van der Waals surface area contributed by atoms with Gasteiger partial charge in [0.05, 0.1) is 13.0 Å². The summed E-state index contributed by atoms with van der Waals surface area (Å²) in [7, 11) is 3.25. The second kappa shape index (κ2) is 5.24. The highest BCUT2D eigenvalue weighted by atomic mass is 16.5. The Kier molecular flexibility index (Phi) is 3.66. The van der Waals surface area contributed by atoms with Crippen LogP contribution in [0.25, 0.3) is 5.57 Å². The van der Waals surface area contributed by atoms with Gasteiger partial charge in [0, 0.05) is 25.9 Å². The van der Waals surface area contributed by atoms with E-state index in [0.717, 1.165) is 22.9 Å². The summed E-state index contributed by atoms with van der Waals surface area (Å²) in [6, 6.07) is 5.49. The molecule has 0 spiro atoms. The molecule has 1 aromatic rings. The molecule has 1 amide bonds. The van der Waals surface area contributed by atoms with Crippen LogP contribution in [-0.4, -0.2) is 37.7 Å². The van der Waals surface area contributed by atoms with E-state index in [9.17, 15) is 9.59 Å². The number of methoxy groups -OCH3 is 1. The third-order valence-electron chi connectivity index (χ3n) is 3.12. The minimum absolute atomic E-state index is 0.0441. The average molecular weight is 261 g/mol. The lowest BCUT2D eigenvalue weighted by molar-refractivity contribution is -0.131. The van der Waals surface area contributed by atoms with E-state index >= 15 is 0 Å². The number of aliphatic carboxylic acids is 1. The topological polar surface area (TPSA) is 66.8 Å². The fourth-order valence-corrected chi connectivity index (χ4v) is 2.18. The van der Waals surface area contributed by atoms with Crippen molar-refractivity contribution >= 4 is 23.1 Å². The Hall–Kier alpha value is -2.14. The molecule has 0 aliphatic carbocycles. The molecule has 2 rings (SSSR count). The van der Waals surface area contributed by atoms with Gasteiger partial charge >= 0.3 is 5.97 Å². The molecule has 5 nitrogen and oxygen atoms in total. The van der Waals surface area contributed by atoms with Crippen molar-refractivity contribution in [3.05, 3.63) is 35.4 Å². The number of amides is 1. The molecule has 100 valence electrons. The second-order valence-electron chi connectivity index (χ2n) is 4.41. The van der Waals surface area contributed by atoms with Gasteiger partial charge in [-0.25, -0.2) is 4.79 Å². The van der Waals surface area contributed by atoms with Crippen molar-refractivity contribution < 1.29 is 19.4 Å². The standard InChI is InChI=1S/C14H15NO4/c1-15-12-4-3-9(5-10(12)6-13(15)16)11(8-19-2)7-14(17)18/h3-5,7H,6,8H2,1-2H3,(H,17,18)/b11-7+. The lowest BCUT2D eigenvalue weighted by atomic mass is 10.0. The molecular weight excluding hydrogens is 246 g/mol. The number of likely N-dealkylation sites (N-methyl/N-ethyl adjacent to an activating group) is 1. The third-order valence-corrected chi connectivity index (χ3v) is 3.12. The lowest BCUT2D eigenvalue weighted by Crippen LogP contribution is -2.20. The molecule has 0 unspecified atom stereocenters. The largest absolute Gasteiger partial charge is 0.478 e. The van der Waals surface area contributed by atoms with Crippen LogP contribution >= 0.6 is 0 Å². The Balaban J connectivity index is 2.39. The maximum absolute atomic E-state index is 11.6. The van der Waals surface area contributed by atoms with E-state index in [1.807, 2.05) is 18.2 Å². The number of fused-ring (bicyclic) bond motifs is 1. The van der Waals surface area contributed by atoms with Crippen molar-refractivity contribution in [1.29, 1.82) is 0 Å². The molecule has 1 aromatic carbocycles. The normalized spacial score (nSPS) is 14.7. The van der Waals surface area contributed by atoms with Gasteiger partial charge in [0.1, 0.15) is 0 Å². The zero-order valence-corrected chi connectivity index (χ0v) is 10.8. The van der Waals surface area contributed by atoms with Crippen LogP contribution in [0.5, 0.6) is 0 Å². The van der Waals surface area contributed by atoms with Crippen LogP contribution in [0.15, 0.2) is 24.3 Å². The Morgan fingerprint density at radius 2 is 2.26 bits per heavy atom. The number of hydrogen-bond donors (Lipinski definition) is 1. The highest BCUT2D eigenvalue weighted by Gasteiger charge is 2.24. The van der Waals surface area contributed by atoms with Crippen molar-refractivity contribution in [2.75, 3.05) is 25.7 Å². The summed E-state index contributed by atoms with van der Waals surface area (Å²) in [4.78, 5) is 24.0. The van der Waals surface area contributed by atoms with Crippen LogP contribution in [0.2, 0.25) is 0 Å². The number of nitrogens with zero attached hydrogens (tertiary/aromatic N) is 1. The number of anilines is 1. The highest BCUT2D eigenvalue weighted by Crippen LogP contribution is 2.30. The van der Waals surface area contributed by atoms with Gasteiger partial charge in [0.25, 0.3) is 0 Å². The number of carbonyl (C=O) groups is 2. The zero-order valence-electron chi connectivity index (χ0n) is 10.8. The molecule has 0 aromatic heterocycles. The summed E-state index contributed by atoms with van der Waals surface area (Å²) >= 11 is 0. The number of benzene rings is 1. The molecule has 1 heterocycles. The van der Waals surface area contributed by atoms with Gasteiger partial charge in [-0.1, -0.05) is 6.07 Å². The fourth-order valence-electron chi connectivity index (χ4n) is 2.18. The number of hydrogen-bond acceptors (Lipinski definition) is 3. The minimum Gasteiger partial charge on any atom is -0.478 e. The summed E-state index contributed by atoms with van der Waals surface area (Å²) < 4.78 is 5.01. The number of ether oxygens (including phenoxy) is 1. The molecule has 0 saturated heterocycles. The van der Waals surface area contributed by atoms with Crippen LogP contribution in [0, 0.1) is 0 Å². The van der Waals surface area contributed by atoms with E-state index in [4.69, 9.17) is 9.84 Å². The summed E-state index contributed by atoms with van der Waals surface area (Å²) in [5, 5.41) is 8.86. The Bertz CT molecular complexity index is 563. The Morgan fingerprint density at radius 3 is 2.89 bits per heavy atom. The first-order valence-corrected chi connectivity index (χ1v) is 5.85. The van der Waals surface area contributed by atoms with Crippen LogP contribution in [-0.2, 0) is 20.7 Å². The third kappa shape index (κ3) is 2.66. The highest BCUT2D eigenvalue weighted by molar-refractivity contribution is 6.01. The van der Waals surface area contributed by atoms with Crippen molar-refractivity contribution in [1.82, 2.24) is 0 Å². The summed E-state index contributed by atoms with van der Waals surface area (Å²) in [5.74, 6) is -0.969. The maximum atomic E-state index is 11.6. The zero-order chi connectivity index (χ0) is 14.0. The smallest absolute Gasteiger partial charge is 0.328 e. The number of carboxylic acid groups (broad SMARTS) is 1. The predicted molar refractivity (Wildman–Crippen MR) is 71.0 cm³/mol. The maximum Gasteiger partial charge on any atom is 0.328 e. The van der Waals surface area contributed by atoms with E-state index in [1.165, 1.54) is 7.11 Å². The molecular formula is C14H15NO4. The van der Waals surface area contributed by atoms with E-state index < -0.39 is 5.97 Å². The van der Waals surface area contributed by atoms with Gasteiger partial charge < -0.3 is 14.7 Å². The van der Waals surface area contributed by atoms with Crippen molar-refractivity contribution in [2.24, 2.45) is 0 Å². The van der Waals surface area contributed by atoms with Crippen LogP contribution < -0.4 is 4.90 Å². The number of carboxylic acids is 1. The summed E-state index contributed by atoms with van der Waals surface area (Å²) in [6.07, 6.45) is 1.48. The molecule has 1 aliphatic heterocycles. The summed E-state index contributed by atoms with van der Waals surface area (Å²) in [5.41, 5.74) is 3.14. The molecule has 1 aliphatic rings. The first-order chi connectivity index (χ1) is 9.02. The first kappa shape index (κ1) is 13.3. The lowest BCUT2D eigenvalue weighted by Gasteiger charge is -2.11. The van der Waals surface area contributed by atoms with Crippen LogP contribution in [0.4, 0.5) is 5.69 Å². The van der Waals surface area contributed by atoms with Crippen molar-refractivity contribution in [3.8, 4) is 0 Å². The van der Waals surface area contributed by atoms with E-state index in [-0.39, 0.29) is 12.5 Å². The predicted octanol–water partition coefficient (Wildman–Crippen LogP) is 1.32. The quantitative estimate of drug-likeness (QED) is 0.830. The van der Waals surface area contributed by atoms with Gasteiger partial charge in [-0.05, 0) is 28.8 Å². The fraction of sp³-hybridized carbons (Fsp3) is 0.286. The molecule has 1 N–H and O–H groups in total. The van der Waals surface area contributed by atoms with Gasteiger partial charge in [-0.15, -0.1) is 0 Å². The van der Waals surface area contributed by atoms with E-state index in [1.54, 1.807) is 11.9 Å². The van der Waals surface area contributed by atoms with Crippen molar-refractivity contribution in [3.63, 3.8) is 0 Å². The number of carbonyl (C=O) groups excluding carboxylic acids is 1. The second-order valence-corrected chi connectivity index (χ2v) is 4.41. The van der Waals surface area contributed by atoms with Gasteiger partial charge in [0.15, 0.2) is 0 Å². The Labute approximate surface area is 111 Å². The molecule has 19 heavy (non-hydrogen) atoms. The molecule has 5 heteroatoms.